The van der Waals surface area contributed by atoms with Crippen molar-refractivity contribution in [2.75, 3.05) is 13.1 Å². The molecule has 1 amide bonds. The van der Waals surface area contributed by atoms with Gasteiger partial charge in [0.2, 0.25) is 0 Å². The molecule has 132 valence electrons. The molecule has 3 aliphatic rings. The van der Waals surface area contributed by atoms with Crippen LogP contribution in [0.25, 0.3) is 0 Å². The number of nitrogens with zero attached hydrogens (tertiary/aromatic N) is 3. The molecule has 1 aromatic rings. The highest BCUT2D eigenvalue weighted by atomic mass is 16.5. The highest BCUT2D eigenvalue weighted by molar-refractivity contribution is 5.94. The Morgan fingerprint density at radius 1 is 1.29 bits per heavy atom. The first-order valence-corrected chi connectivity index (χ1v) is 9.12. The van der Waals surface area contributed by atoms with Crippen LogP contribution in [0.5, 0.6) is 0 Å². The minimum absolute atomic E-state index is 0.0636. The van der Waals surface area contributed by atoms with Crippen molar-refractivity contribution >= 4 is 5.91 Å². The monoisotopic (exact) mass is 333 g/mol. The fourth-order valence-corrected chi connectivity index (χ4v) is 4.44. The fraction of sp³-hybridized carbons (Fsp3) is 0.778. The number of aryl methyl sites for hydroxylation is 1. The Hall–Kier alpha value is -1.40. The zero-order valence-corrected chi connectivity index (χ0v) is 14.8. The summed E-state index contributed by atoms with van der Waals surface area (Å²) in [4.78, 5) is 15.0. The Balaban J connectivity index is 1.53. The normalized spacial score (nSPS) is 29.4. The van der Waals surface area contributed by atoms with Crippen LogP contribution in [0.2, 0.25) is 0 Å². The van der Waals surface area contributed by atoms with Gasteiger partial charge in [-0.1, -0.05) is 0 Å². The number of aliphatic hydroxyl groups is 1. The van der Waals surface area contributed by atoms with Crippen LogP contribution >= 0.6 is 0 Å². The summed E-state index contributed by atoms with van der Waals surface area (Å²) in [5, 5.41) is 14.8. The molecule has 6 nitrogen and oxygen atoms in total. The van der Waals surface area contributed by atoms with Crippen LogP contribution in [0, 0.1) is 5.92 Å². The first kappa shape index (κ1) is 16.1. The highest BCUT2D eigenvalue weighted by Crippen LogP contribution is 2.46. The molecule has 0 aromatic carbocycles. The zero-order chi connectivity index (χ0) is 17.1. The number of amides is 1. The number of hydrogen-bond donors (Lipinski definition) is 1. The molecular formula is C18H27N3O3. The molecule has 2 atom stereocenters. The lowest BCUT2D eigenvalue weighted by Crippen LogP contribution is -2.42. The molecular weight excluding hydrogens is 306 g/mol. The first-order chi connectivity index (χ1) is 11.4. The van der Waals surface area contributed by atoms with Gasteiger partial charge in [0.15, 0.2) is 0 Å². The van der Waals surface area contributed by atoms with Gasteiger partial charge < -0.3 is 14.7 Å². The van der Waals surface area contributed by atoms with E-state index in [1.807, 2.05) is 25.8 Å². The van der Waals surface area contributed by atoms with Crippen LogP contribution in [0.4, 0.5) is 0 Å². The van der Waals surface area contributed by atoms with Gasteiger partial charge in [-0.15, -0.1) is 0 Å². The molecule has 1 aromatic heterocycles. The lowest BCUT2D eigenvalue weighted by atomic mass is 9.89. The van der Waals surface area contributed by atoms with Gasteiger partial charge in [-0.05, 0) is 45.4 Å². The summed E-state index contributed by atoms with van der Waals surface area (Å²) < 4.78 is 7.56. The molecule has 4 rings (SSSR count). The summed E-state index contributed by atoms with van der Waals surface area (Å²) in [6, 6.07) is 0. The number of carbonyl (C=O) groups excluding carboxylic acids is 1. The maximum atomic E-state index is 13.1. The quantitative estimate of drug-likeness (QED) is 0.896. The molecule has 0 unspecified atom stereocenters. The lowest BCUT2D eigenvalue weighted by Gasteiger charge is -2.34. The van der Waals surface area contributed by atoms with Crippen LogP contribution in [0.15, 0.2) is 0 Å². The third kappa shape index (κ3) is 2.56. The summed E-state index contributed by atoms with van der Waals surface area (Å²) in [7, 11) is 1.85. The number of rotatable bonds is 2. The summed E-state index contributed by atoms with van der Waals surface area (Å²) in [6.07, 6.45) is 4.44. The number of carbonyl (C=O) groups is 1. The Bertz CT molecular complexity index is 657. The largest absolute Gasteiger partial charge is 0.390 e. The van der Waals surface area contributed by atoms with Gasteiger partial charge in [0, 0.05) is 32.1 Å². The predicted octanol–water partition coefficient (Wildman–Crippen LogP) is 1.82. The standard InChI is InChI=1S/C18H27N3O3/c1-11-10-14-15(12(2)24-11)19-20(3)16(14)17(22)21-8-4-13(5-9-21)18(23)6-7-18/h11-13,23H,4-10H2,1-3H3/t11-,12+/m1/s1. The highest BCUT2D eigenvalue weighted by Gasteiger charge is 2.48. The van der Waals surface area contributed by atoms with E-state index in [-0.39, 0.29) is 18.1 Å². The van der Waals surface area contributed by atoms with E-state index in [4.69, 9.17) is 4.74 Å². The maximum Gasteiger partial charge on any atom is 0.272 e. The van der Waals surface area contributed by atoms with E-state index in [2.05, 4.69) is 5.10 Å². The van der Waals surface area contributed by atoms with E-state index >= 15 is 0 Å². The molecule has 1 saturated heterocycles. The Labute approximate surface area is 142 Å². The number of ether oxygens (including phenoxy) is 1. The van der Waals surface area contributed by atoms with E-state index in [0.29, 0.717) is 5.92 Å². The van der Waals surface area contributed by atoms with Crippen molar-refractivity contribution in [1.29, 1.82) is 0 Å². The van der Waals surface area contributed by atoms with Crippen molar-refractivity contribution in [3.05, 3.63) is 17.0 Å². The SMILES string of the molecule is C[C@@H]1Cc2c(nn(C)c2C(=O)N2CCC(C3(O)CC3)CC2)[C@H](C)O1. The summed E-state index contributed by atoms with van der Waals surface area (Å²) in [5.74, 6) is 0.434. The summed E-state index contributed by atoms with van der Waals surface area (Å²) in [6.45, 7) is 5.50. The molecule has 24 heavy (non-hydrogen) atoms. The second-order valence-electron chi connectivity index (χ2n) is 7.80. The van der Waals surface area contributed by atoms with Gasteiger partial charge in [-0.25, -0.2) is 0 Å². The zero-order valence-electron chi connectivity index (χ0n) is 14.8. The molecule has 6 heteroatoms. The molecule has 2 aliphatic heterocycles. The summed E-state index contributed by atoms with van der Waals surface area (Å²) in [5.41, 5.74) is 2.25. The van der Waals surface area contributed by atoms with Crippen LogP contribution in [-0.4, -0.2) is 50.5 Å². The van der Waals surface area contributed by atoms with Gasteiger partial charge in [0.1, 0.15) is 5.69 Å². The number of aromatic nitrogens is 2. The lowest BCUT2D eigenvalue weighted by molar-refractivity contribution is -0.00719. The first-order valence-electron chi connectivity index (χ1n) is 9.12. The Kier molecular flexibility index (Phi) is 3.73. The third-order valence-corrected chi connectivity index (χ3v) is 6.00. The van der Waals surface area contributed by atoms with Crippen molar-refractivity contribution in [2.45, 2.75) is 63.8 Å². The molecule has 1 N–H and O–H groups in total. The van der Waals surface area contributed by atoms with Crippen molar-refractivity contribution in [2.24, 2.45) is 13.0 Å². The van der Waals surface area contributed by atoms with E-state index < -0.39 is 5.60 Å². The number of fused-ring (bicyclic) bond motifs is 1. The van der Waals surface area contributed by atoms with Gasteiger partial charge in [-0.3, -0.25) is 9.48 Å². The van der Waals surface area contributed by atoms with Crippen molar-refractivity contribution in [3.8, 4) is 0 Å². The maximum absolute atomic E-state index is 13.1. The van der Waals surface area contributed by atoms with Crippen LogP contribution in [0.1, 0.15) is 67.4 Å². The van der Waals surface area contributed by atoms with Crippen molar-refractivity contribution < 1.29 is 14.6 Å². The number of likely N-dealkylation sites (tertiary alicyclic amines) is 1. The smallest absolute Gasteiger partial charge is 0.272 e. The average molecular weight is 333 g/mol. The van der Waals surface area contributed by atoms with E-state index in [9.17, 15) is 9.90 Å². The minimum Gasteiger partial charge on any atom is -0.390 e. The van der Waals surface area contributed by atoms with Gasteiger partial charge in [-0.2, -0.15) is 5.10 Å². The van der Waals surface area contributed by atoms with E-state index in [0.717, 1.165) is 62.1 Å². The van der Waals surface area contributed by atoms with Gasteiger partial charge >= 0.3 is 0 Å². The number of piperidine rings is 1. The Morgan fingerprint density at radius 2 is 1.96 bits per heavy atom. The average Bonchev–Trinajstić information content (AvgIpc) is 3.21. The predicted molar refractivity (Wildman–Crippen MR) is 88.7 cm³/mol. The Morgan fingerprint density at radius 3 is 2.58 bits per heavy atom. The molecule has 1 saturated carbocycles. The van der Waals surface area contributed by atoms with Crippen LogP contribution < -0.4 is 0 Å². The fourth-order valence-electron chi connectivity index (χ4n) is 4.44. The van der Waals surface area contributed by atoms with E-state index in [1.54, 1.807) is 4.68 Å². The molecule has 0 bridgehead atoms. The molecule has 0 spiro atoms. The summed E-state index contributed by atoms with van der Waals surface area (Å²) >= 11 is 0. The van der Waals surface area contributed by atoms with E-state index in [1.165, 1.54) is 0 Å². The minimum atomic E-state index is -0.428. The van der Waals surface area contributed by atoms with Crippen molar-refractivity contribution in [1.82, 2.24) is 14.7 Å². The van der Waals surface area contributed by atoms with Crippen LogP contribution in [0.3, 0.4) is 0 Å². The molecule has 2 fully saturated rings. The van der Waals surface area contributed by atoms with Crippen LogP contribution in [-0.2, 0) is 18.2 Å². The molecule has 3 heterocycles. The van der Waals surface area contributed by atoms with Gasteiger partial charge in [0.05, 0.1) is 23.5 Å². The van der Waals surface area contributed by atoms with Gasteiger partial charge in [0.25, 0.3) is 5.91 Å². The third-order valence-electron chi connectivity index (χ3n) is 6.00. The van der Waals surface area contributed by atoms with Crippen molar-refractivity contribution in [3.63, 3.8) is 0 Å². The number of hydrogen-bond acceptors (Lipinski definition) is 4. The molecule has 0 radical (unpaired) electrons. The molecule has 1 aliphatic carbocycles. The second-order valence-corrected chi connectivity index (χ2v) is 7.80. The topological polar surface area (TPSA) is 67.6 Å². The second kappa shape index (κ2) is 5.56.